The van der Waals surface area contributed by atoms with Crippen molar-refractivity contribution >= 4 is 5.91 Å². The van der Waals surface area contributed by atoms with Crippen molar-refractivity contribution in [3.05, 3.63) is 23.8 Å². The molecule has 0 unspecified atom stereocenters. The Morgan fingerprint density at radius 3 is 3.28 bits per heavy atom. The van der Waals surface area contributed by atoms with Gasteiger partial charge in [0, 0.05) is 19.4 Å². The summed E-state index contributed by atoms with van der Waals surface area (Å²) in [7, 11) is 0. The molecule has 0 saturated heterocycles. The number of nitrogens with one attached hydrogen (secondary N) is 1. The zero-order chi connectivity index (χ0) is 12.4. The molecule has 5 nitrogen and oxygen atoms in total. The van der Waals surface area contributed by atoms with Gasteiger partial charge in [-0.1, -0.05) is 12.2 Å². The third-order valence-electron chi connectivity index (χ3n) is 3.69. The third kappa shape index (κ3) is 2.30. The molecule has 3 rings (SSSR count). The maximum atomic E-state index is 11.8. The molecule has 0 bridgehead atoms. The van der Waals surface area contributed by atoms with Gasteiger partial charge in [-0.25, -0.2) is 0 Å². The highest BCUT2D eigenvalue weighted by Crippen LogP contribution is 2.20. The van der Waals surface area contributed by atoms with Crippen LogP contribution in [0.3, 0.4) is 0 Å². The van der Waals surface area contributed by atoms with Gasteiger partial charge in [0.25, 0.3) is 0 Å². The van der Waals surface area contributed by atoms with Crippen LogP contribution >= 0.6 is 0 Å². The zero-order valence-electron chi connectivity index (χ0n) is 10.4. The normalized spacial score (nSPS) is 21.2. The van der Waals surface area contributed by atoms with Gasteiger partial charge >= 0.3 is 0 Å². The van der Waals surface area contributed by atoms with E-state index in [2.05, 4.69) is 32.2 Å². The summed E-state index contributed by atoms with van der Waals surface area (Å²) in [5.74, 6) is 2.48. The van der Waals surface area contributed by atoms with E-state index < -0.39 is 0 Å². The van der Waals surface area contributed by atoms with Crippen LogP contribution in [0.4, 0.5) is 0 Å². The summed E-state index contributed by atoms with van der Waals surface area (Å²) in [6, 6.07) is 0. The summed E-state index contributed by atoms with van der Waals surface area (Å²) in [5, 5.41) is 11.2. The van der Waals surface area contributed by atoms with E-state index in [-0.39, 0.29) is 5.91 Å². The van der Waals surface area contributed by atoms with E-state index in [0.717, 1.165) is 43.9 Å². The van der Waals surface area contributed by atoms with Crippen molar-refractivity contribution in [1.29, 1.82) is 0 Å². The summed E-state index contributed by atoms with van der Waals surface area (Å²) in [4.78, 5) is 11.8. The molecule has 0 aromatic carbocycles. The van der Waals surface area contributed by atoms with Crippen LogP contribution in [-0.2, 0) is 24.3 Å². The molecule has 1 N–H and O–H groups in total. The fourth-order valence-electron chi connectivity index (χ4n) is 2.69. The first-order chi connectivity index (χ1) is 8.83. The van der Waals surface area contributed by atoms with E-state index in [1.807, 2.05) is 0 Å². The molecule has 2 heterocycles. The average molecular weight is 246 g/mol. The predicted molar refractivity (Wildman–Crippen MR) is 66.7 cm³/mol. The van der Waals surface area contributed by atoms with Gasteiger partial charge < -0.3 is 9.88 Å². The number of hydrogen-bond acceptors (Lipinski definition) is 3. The van der Waals surface area contributed by atoms with Crippen molar-refractivity contribution in [2.24, 2.45) is 5.92 Å². The maximum Gasteiger partial charge on any atom is 0.220 e. The largest absolute Gasteiger partial charge is 0.349 e. The topological polar surface area (TPSA) is 59.8 Å². The zero-order valence-corrected chi connectivity index (χ0v) is 10.4. The number of hydrogen-bond donors (Lipinski definition) is 1. The van der Waals surface area contributed by atoms with E-state index in [9.17, 15) is 4.79 Å². The minimum atomic E-state index is 0.113. The molecule has 0 radical (unpaired) electrons. The smallest absolute Gasteiger partial charge is 0.220 e. The monoisotopic (exact) mass is 246 g/mol. The van der Waals surface area contributed by atoms with Gasteiger partial charge in [0.2, 0.25) is 5.91 Å². The first-order valence-corrected chi connectivity index (χ1v) is 6.67. The van der Waals surface area contributed by atoms with Gasteiger partial charge in [0.1, 0.15) is 5.82 Å². The van der Waals surface area contributed by atoms with Crippen LogP contribution in [0.2, 0.25) is 0 Å². The Kier molecular flexibility index (Phi) is 3.13. The van der Waals surface area contributed by atoms with Crippen molar-refractivity contribution < 1.29 is 4.79 Å². The van der Waals surface area contributed by atoms with Gasteiger partial charge in [0.15, 0.2) is 5.82 Å². The minimum Gasteiger partial charge on any atom is -0.349 e. The number of aromatic nitrogens is 3. The molecule has 0 fully saturated rings. The van der Waals surface area contributed by atoms with Crippen molar-refractivity contribution in [2.75, 3.05) is 0 Å². The Morgan fingerprint density at radius 1 is 1.50 bits per heavy atom. The Labute approximate surface area is 106 Å². The van der Waals surface area contributed by atoms with E-state index in [0.29, 0.717) is 18.9 Å². The van der Waals surface area contributed by atoms with Gasteiger partial charge in [-0.2, -0.15) is 0 Å². The number of aryl methyl sites for hydroxylation is 1. The predicted octanol–water partition coefficient (Wildman–Crippen LogP) is 1.20. The number of fused-ring (bicyclic) bond motifs is 1. The standard InChI is InChI=1S/C13H18N4O/c18-13(8-10-4-1-2-5-10)14-9-12-16-15-11-6-3-7-17(11)12/h1,4,10H,2-3,5-9H2,(H,14,18)/t10-/m0/s1. The molecule has 1 aliphatic carbocycles. The molecule has 1 amide bonds. The Hall–Kier alpha value is -1.65. The minimum absolute atomic E-state index is 0.113. The van der Waals surface area contributed by atoms with Crippen molar-refractivity contribution in [1.82, 2.24) is 20.1 Å². The van der Waals surface area contributed by atoms with Crippen LogP contribution in [-0.4, -0.2) is 20.7 Å². The summed E-state index contributed by atoms with van der Waals surface area (Å²) in [6.45, 7) is 1.49. The molecule has 1 aromatic heterocycles. The van der Waals surface area contributed by atoms with Crippen molar-refractivity contribution in [2.45, 2.75) is 45.2 Å². The number of carbonyl (C=O) groups excluding carboxylic acids is 1. The molecule has 1 aromatic rings. The van der Waals surface area contributed by atoms with Crippen LogP contribution in [0.15, 0.2) is 12.2 Å². The molecule has 1 aliphatic heterocycles. The van der Waals surface area contributed by atoms with E-state index in [4.69, 9.17) is 0 Å². The maximum absolute atomic E-state index is 11.8. The van der Waals surface area contributed by atoms with Crippen LogP contribution in [0.25, 0.3) is 0 Å². The molecule has 5 heteroatoms. The van der Waals surface area contributed by atoms with Crippen molar-refractivity contribution in [3.8, 4) is 0 Å². The molecule has 0 spiro atoms. The lowest BCUT2D eigenvalue weighted by Crippen LogP contribution is -2.26. The molecule has 0 saturated carbocycles. The highest BCUT2D eigenvalue weighted by atomic mass is 16.1. The highest BCUT2D eigenvalue weighted by Gasteiger charge is 2.18. The quantitative estimate of drug-likeness (QED) is 0.812. The molecular weight excluding hydrogens is 228 g/mol. The first kappa shape index (κ1) is 11.4. The molecule has 18 heavy (non-hydrogen) atoms. The van der Waals surface area contributed by atoms with Crippen LogP contribution in [0, 0.1) is 5.92 Å². The number of nitrogens with zero attached hydrogens (tertiary/aromatic N) is 3. The van der Waals surface area contributed by atoms with Gasteiger partial charge in [-0.3, -0.25) is 4.79 Å². The van der Waals surface area contributed by atoms with Crippen LogP contribution in [0.1, 0.15) is 37.3 Å². The molecule has 2 aliphatic rings. The third-order valence-corrected chi connectivity index (χ3v) is 3.69. The fraction of sp³-hybridized carbons (Fsp3) is 0.615. The lowest BCUT2D eigenvalue weighted by Gasteiger charge is -2.08. The molecule has 96 valence electrons. The van der Waals surface area contributed by atoms with Gasteiger partial charge in [-0.15, -0.1) is 10.2 Å². The van der Waals surface area contributed by atoms with Crippen LogP contribution in [0.5, 0.6) is 0 Å². The molecule has 1 atom stereocenters. The Bertz CT molecular complexity index is 477. The Morgan fingerprint density at radius 2 is 2.44 bits per heavy atom. The van der Waals surface area contributed by atoms with E-state index in [1.165, 1.54) is 0 Å². The lowest BCUT2D eigenvalue weighted by molar-refractivity contribution is -0.121. The number of carbonyl (C=O) groups is 1. The average Bonchev–Trinajstić information content (AvgIpc) is 3.03. The number of amides is 1. The summed E-state index contributed by atoms with van der Waals surface area (Å²) < 4.78 is 2.12. The molecular formula is C13H18N4O. The van der Waals surface area contributed by atoms with Gasteiger partial charge in [-0.05, 0) is 25.2 Å². The second-order valence-corrected chi connectivity index (χ2v) is 5.03. The van der Waals surface area contributed by atoms with Crippen LogP contribution < -0.4 is 5.32 Å². The highest BCUT2D eigenvalue weighted by molar-refractivity contribution is 5.76. The SMILES string of the molecule is O=C(C[C@H]1C=CCC1)NCc1nnc2n1CCC2. The first-order valence-electron chi connectivity index (χ1n) is 6.67. The summed E-state index contributed by atoms with van der Waals surface area (Å²) >= 11 is 0. The second-order valence-electron chi connectivity index (χ2n) is 5.03. The Balaban J connectivity index is 1.51. The second kappa shape index (κ2) is 4.92. The number of allylic oxidation sites excluding steroid dienone is 2. The fourth-order valence-corrected chi connectivity index (χ4v) is 2.69. The van der Waals surface area contributed by atoms with E-state index in [1.54, 1.807) is 0 Å². The van der Waals surface area contributed by atoms with Gasteiger partial charge in [0.05, 0.1) is 6.54 Å². The van der Waals surface area contributed by atoms with E-state index >= 15 is 0 Å². The summed E-state index contributed by atoms with van der Waals surface area (Å²) in [6.07, 6.45) is 9.26. The van der Waals surface area contributed by atoms with Crippen molar-refractivity contribution in [3.63, 3.8) is 0 Å². The summed E-state index contributed by atoms with van der Waals surface area (Å²) in [5.41, 5.74) is 0. The number of rotatable bonds is 4. The lowest BCUT2D eigenvalue weighted by atomic mass is 10.1.